The van der Waals surface area contributed by atoms with Crippen LogP contribution in [-0.2, 0) is 6.42 Å². The average molecular weight is 309 g/mol. The lowest BCUT2D eigenvalue weighted by Gasteiger charge is -2.08. The summed E-state index contributed by atoms with van der Waals surface area (Å²) in [5.41, 5.74) is 2.63. The number of aromatic amines is 1. The minimum atomic E-state index is 0.104. The smallest absolute Gasteiger partial charge is 0.228 e. The van der Waals surface area contributed by atoms with Gasteiger partial charge < -0.3 is 9.51 Å². The van der Waals surface area contributed by atoms with E-state index in [0.29, 0.717) is 18.1 Å². The third kappa shape index (κ3) is 2.48. The van der Waals surface area contributed by atoms with Gasteiger partial charge in [-0.25, -0.2) is 9.97 Å². The molecule has 0 aromatic carbocycles. The molecule has 0 spiro atoms. The molecule has 116 valence electrons. The second kappa shape index (κ2) is 5.31. The van der Waals surface area contributed by atoms with Crippen LogP contribution in [0.25, 0.3) is 22.3 Å². The van der Waals surface area contributed by atoms with Crippen molar-refractivity contribution in [3.8, 4) is 11.3 Å². The molecular formula is C15H15N7O. The Labute approximate surface area is 131 Å². The number of nitrogens with zero attached hydrogens (tertiary/aromatic N) is 6. The molecule has 0 saturated heterocycles. The first-order valence-electron chi connectivity index (χ1n) is 7.32. The first-order chi connectivity index (χ1) is 11.2. The van der Waals surface area contributed by atoms with Crippen LogP contribution in [0.2, 0.25) is 0 Å². The molecule has 1 N–H and O–H groups in total. The molecular weight excluding hydrogens is 294 g/mol. The van der Waals surface area contributed by atoms with Crippen molar-refractivity contribution < 1.29 is 4.52 Å². The summed E-state index contributed by atoms with van der Waals surface area (Å²) in [5, 5.41) is 9.23. The quantitative estimate of drug-likeness (QED) is 0.621. The van der Waals surface area contributed by atoms with Crippen LogP contribution < -0.4 is 0 Å². The Hall–Kier alpha value is -3.03. The second-order valence-corrected chi connectivity index (χ2v) is 5.46. The molecule has 0 aliphatic carbocycles. The number of hydrogen-bond donors (Lipinski definition) is 1. The van der Waals surface area contributed by atoms with Gasteiger partial charge in [-0.1, -0.05) is 5.16 Å². The van der Waals surface area contributed by atoms with Gasteiger partial charge in [-0.05, 0) is 19.9 Å². The average Bonchev–Trinajstić information content (AvgIpc) is 3.26. The summed E-state index contributed by atoms with van der Waals surface area (Å²) in [6.07, 6.45) is 7.82. The molecule has 0 radical (unpaired) electrons. The zero-order valence-electron chi connectivity index (χ0n) is 12.8. The lowest BCUT2D eigenvalue weighted by molar-refractivity contribution is 0.347. The van der Waals surface area contributed by atoms with Crippen LogP contribution in [0.15, 0.2) is 35.5 Å². The molecule has 4 rings (SSSR count). The molecule has 0 fully saturated rings. The predicted molar refractivity (Wildman–Crippen MR) is 82.6 cm³/mol. The van der Waals surface area contributed by atoms with E-state index in [9.17, 15) is 0 Å². The van der Waals surface area contributed by atoms with Gasteiger partial charge in [0.1, 0.15) is 12.0 Å². The van der Waals surface area contributed by atoms with E-state index in [1.54, 1.807) is 13.3 Å². The van der Waals surface area contributed by atoms with Crippen molar-refractivity contribution in [2.24, 2.45) is 0 Å². The Bertz CT molecular complexity index is 951. The lowest BCUT2D eigenvalue weighted by Crippen LogP contribution is -2.08. The predicted octanol–water partition coefficient (Wildman–Crippen LogP) is 2.32. The van der Waals surface area contributed by atoms with Crippen molar-refractivity contribution in [1.82, 2.24) is 34.9 Å². The first-order valence-corrected chi connectivity index (χ1v) is 7.32. The summed E-state index contributed by atoms with van der Waals surface area (Å²) in [4.78, 5) is 15.9. The van der Waals surface area contributed by atoms with E-state index in [1.807, 2.05) is 29.3 Å². The molecule has 0 amide bonds. The van der Waals surface area contributed by atoms with Crippen LogP contribution in [0.1, 0.15) is 24.7 Å². The fourth-order valence-electron chi connectivity index (χ4n) is 2.57. The van der Waals surface area contributed by atoms with Gasteiger partial charge >= 0.3 is 0 Å². The molecule has 4 aromatic heterocycles. The molecule has 4 aromatic rings. The molecule has 8 heteroatoms. The van der Waals surface area contributed by atoms with Crippen molar-refractivity contribution >= 4 is 11.0 Å². The maximum absolute atomic E-state index is 5.17. The van der Waals surface area contributed by atoms with Gasteiger partial charge in [-0.2, -0.15) is 10.1 Å². The van der Waals surface area contributed by atoms with Crippen LogP contribution in [-0.4, -0.2) is 34.9 Å². The number of aryl methyl sites for hydroxylation is 1. The molecule has 1 unspecified atom stereocenters. The highest BCUT2D eigenvalue weighted by molar-refractivity contribution is 5.89. The minimum absolute atomic E-state index is 0.104. The summed E-state index contributed by atoms with van der Waals surface area (Å²) in [5.74, 6) is 1.26. The molecule has 0 aliphatic heterocycles. The van der Waals surface area contributed by atoms with Gasteiger partial charge in [0, 0.05) is 29.8 Å². The normalized spacial score (nSPS) is 12.8. The number of nitrogens with one attached hydrogen (secondary N) is 1. The zero-order chi connectivity index (χ0) is 15.8. The first kappa shape index (κ1) is 13.6. The van der Waals surface area contributed by atoms with E-state index < -0.39 is 0 Å². The van der Waals surface area contributed by atoms with Gasteiger partial charge in [0.15, 0.2) is 5.82 Å². The topological polar surface area (TPSA) is 98.3 Å². The fraction of sp³-hybridized carbons (Fsp3) is 0.267. The minimum Gasteiger partial charge on any atom is -0.346 e. The van der Waals surface area contributed by atoms with Crippen LogP contribution in [0, 0.1) is 6.92 Å². The molecule has 0 aliphatic rings. The summed E-state index contributed by atoms with van der Waals surface area (Å²) in [7, 11) is 0. The summed E-state index contributed by atoms with van der Waals surface area (Å²) < 4.78 is 7.05. The highest BCUT2D eigenvalue weighted by Gasteiger charge is 2.14. The third-order valence-corrected chi connectivity index (χ3v) is 3.72. The van der Waals surface area contributed by atoms with Crippen molar-refractivity contribution in [2.75, 3.05) is 0 Å². The fourth-order valence-corrected chi connectivity index (χ4v) is 2.57. The number of aromatic nitrogens is 7. The number of hydrogen-bond acceptors (Lipinski definition) is 6. The maximum atomic E-state index is 5.17. The largest absolute Gasteiger partial charge is 0.346 e. The van der Waals surface area contributed by atoms with Crippen molar-refractivity contribution in [3.63, 3.8) is 0 Å². The van der Waals surface area contributed by atoms with Crippen LogP contribution >= 0.6 is 0 Å². The Morgan fingerprint density at radius 3 is 3.09 bits per heavy atom. The van der Waals surface area contributed by atoms with Crippen molar-refractivity contribution in [1.29, 1.82) is 0 Å². The number of rotatable bonds is 4. The Morgan fingerprint density at radius 2 is 2.26 bits per heavy atom. The van der Waals surface area contributed by atoms with E-state index >= 15 is 0 Å². The van der Waals surface area contributed by atoms with Crippen molar-refractivity contribution in [3.05, 3.63) is 42.7 Å². The Morgan fingerprint density at radius 1 is 1.35 bits per heavy atom. The SMILES string of the molecule is Cc1noc(CC(C)n2cc(-c3ncnc4[nH]ccc34)cn2)n1. The highest BCUT2D eigenvalue weighted by Crippen LogP contribution is 2.25. The van der Waals surface area contributed by atoms with Gasteiger partial charge in [-0.3, -0.25) is 4.68 Å². The molecule has 0 bridgehead atoms. The molecule has 8 nitrogen and oxygen atoms in total. The molecule has 23 heavy (non-hydrogen) atoms. The maximum Gasteiger partial charge on any atom is 0.228 e. The standard InChI is InChI=1S/C15H15N7O/c1-9(5-13-20-10(2)21-23-13)22-7-11(6-19-22)14-12-3-4-16-15(12)18-8-17-14/h3-4,6-9H,5H2,1-2H3,(H,16,17,18). The van der Waals surface area contributed by atoms with E-state index in [1.165, 1.54) is 0 Å². The summed E-state index contributed by atoms with van der Waals surface area (Å²) >= 11 is 0. The van der Waals surface area contributed by atoms with Crippen molar-refractivity contribution in [2.45, 2.75) is 26.3 Å². The second-order valence-electron chi connectivity index (χ2n) is 5.46. The van der Waals surface area contributed by atoms with E-state index in [2.05, 4.69) is 37.1 Å². The van der Waals surface area contributed by atoms with Gasteiger partial charge in [0.25, 0.3) is 0 Å². The lowest BCUT2D eigenvalue weighted by atomic mass is 10.2. The summed E-state index contributed by atoms with van der Waals surface area (Å²) in [6, 6.07) is 2.07. The molecule has 0 saturated carbocycles. The third-order valence-electron chi connectivity index (χ3n) is 3.72. The zero-order valence-corrected chi connectivity index (χ0v) is 12.8. The summed E-state index contributed by atoms with van der Waals surface area (Å²) in [6.45, 7) is 3.86. The molecule has 4 heterocycles. The van der Waals surface area contributed by atoms with E-state index in [-0.39, 0.29) is 6.04 Å². The van der Waals surface area contributed by atoms with Gasteiger partial charge in [0.05, 0.1) is 17.9 Å². The molecule has 1 atom stereocenters. The van der Waals surface area contributed by atoms with Crippen LogP contribution in [0.3, 0.4) is 0 Å². The van der Waals surface area contributed by atoms with Gasteiger partial charge in [0.2, 0.25) is 5.89 Å². The Kier molecular flexibility index (Phi) is 3.14. The van der Waals surface area contributed by atoms with Gasteiger partial charge in [-0.15, -0.1) is 0 Å². The van der Waals surface area contributed by atoms with E-state index in [0.717, 1.165) is 22.3 Å². The number of H-pyrrole nitrogens is 1. The Balaban J connectivity index is 1.62. The number of fused-ring (bicyclic) bond motifs is 1. The van der Waals surface area contributed by atoms with Crippen LogP contribution in [0.4, 0.5) is 0 Å². The highest BCUT2D eigenvalue weighted by atomic mass is 16.5. The van der Waals surface area contributed by atoms with Crippen LogP contribution in [0.5, 0.6) is 0 Å². The monoisotopic (exact) mass is 309 g/mol. The van der Waals surface area contributed by atoms with E-state index in [4.69, 9.17) is 4.52 Å².